The average molecular weight is 227 g/mol. The van der Waals surface area contributed by atoms with Gasteiger partial charge in [-0.05, 0) is 18.6 Å². The van der Waals surface area contributed by atoms with E-state index in [9.17, 15) is 0 Å². The van der Waals surface area contributed by atoms with E-state index >= 15 is 0 Å². The summed E-state index contributed by atoms with van der Waals surface area (Å²) in [7, 11) is 1.75. The highest BCUT2D eigenvalue weighted by molar-refractivity contribution is 6.29. The molecule has 1 aliphatic heterocycles. The Morgan fingerprint density at radius 3 is 3.20 bits per heavy atom. The third kappa shape index (κ3) is 2.61. The van der Waals surface area contributed by atoms with Crippen molar-refractivity contribution in [2.75, 3.05) is 31.7 Å². The second-order valence-corrected chi connectivity index (χ2v) is 4.26. The van der Waals surface area contributed by atoms with E-state index in [-0.39, 0.29) is 0 Å². The minimum absolute atomic E-state index is 0.558. The SMILES string of the molecule is COCC1CCN(c2cccc(Cl)n2)C1. The van der Waals surface area contributed by atoms with Crippen LogP contribution in [0.2, 0.25) is 5.15 Å². The van der Waals surface area contributed by atoms with Gasteiger partial charge in [-0.15, -0.1) is 0 Å². The first kappa shape index (κ1) is 10.7. The van der Waals surface area contributed by atoms with E-state index in [1.807, 2.05) is 12.1 Å². The standard InChI is InChI=1S/C11H15ClN2O/c1-15-8-9-5-6-14(7-9)11-4-2-3-10(12)13-11/h2-4,9H,5-8H2,1H3. The van der Waals surface area contributed by atoms with Crippen LogP contribution < -0.4 is 4.90 Å². The van der Waals surface area contributed by atoms with E-state index in [0.717, 1.165) is 25.5 Å². The smallest absolute Gasteiger partial charge is 0.131 e. The van der Waals surface area contributed by atoms with Gasteiger partial charge >= 0.3 is 0 Å². The topological polar surface area (TPSA) is 25.4 Å². The van der Waals surface area contributed by atoms with Crippen molar-refractivity contribution in [3.63, 3.8) is 0 Å². The quantitative estimate of drug-likeness (QED) is 0.739. The van der Waals surface area contributed by atoms with Gasteiger partial charge in [-0.25, -0.2) is 4.98 Å². The summed E-state index contributed by atoms with van der Waals surface area (Å²) in [6.07, 6.45) is 1.17. The molecule has 1 fully saturated rings. The lowest BCUT2D eigenvalue weighted by atomic mass is 10.1. The number of ether oxygens (including phenoxy) is 1. The second kappa shape index (κ2) is 4.81. The number of anilines is 1. The van der Waals surface area contributed by atoms with Crippen LogP contribution >= 0.6 is 11.6 Å². The zero-order valence-electron chi connectivity index (χ0n) is 8.82. The number of pyridine rings is 1. The molecule has 0 N–H and O–H groups in total. The zero-order chi connectivity index (χ0) is 10.7. The highest BCUT2D eigenvalue weighted by atomic mass is 35.5. The van der Waals surface area contributed by atoms with E-state index < -0.39 is 0 Å². The molecule has 0 saturated carbocycles. The fraction of sp³-hybridized carbons (Fsp3) is 0.545. The molecule has 1 aromatic rings. The normalized spacial score (nSPS) is 20.9. The second-order valence-electron chi connectivity index (χ2n) is 3.87. The molecule has 0 bridgehead atoms. The molecule has 2 heterocycles. The minimum Gasteiger partial charge on any atom is -0.384 e. The molecule has 82 valence electrons. The van der Waals surface area contributed by atoms with E-state index in [0.29, 0.717) is 11.1 Å². The van der Waals surface area contributed by atoms with Crippen LogP contribution in [0.3, 0.4) is 0 Å². The lowest BCUT2D eigenvalue weighted by molar-refractivity contribution is 0.161. The van der Waals surface area contributed by atoms with E-state index in [2.05, 4.69) is 9.88 Å². The van der Waals surface area contributed by atoms with Crippen molar-refractivity contribution in [2.24, 2.45) is 5.92 Å². The third-order valence-electron chi connectivity index (χ3n) is 2.71. The first-order valence-corrected chi connectivity index (χ1v) is 5.54. The Morgan fingerprint density at radius 1 is 1.60 bits per heavy atom. The van der Waals surface area contributed by atoms with Gasteiger partial charge in [0.25, 0.3) is 0 Å². The predicted octanol–water partition coefficient (Wildman–Crippen LogP) is 2.21. The molecule has 4 heteroatoms. The number of rotatable bonds is 3. The average Bonchev–Trinajstić information content (AvgIpc) is 2.67. The van der Waals surface area contributed by atoms with Gasteiger partial charge in [-0.1, -0.05) is 17.7 Å². The van der Waals surface area contributed by atoms with Crippen LogP contribution in [-0.2, 0) is 4.74 Å². The summed E-state index contributed by atoms with van der Waals surface area (Å²) in [5.74, 6) is 1.59. The van der Waals surface area contributed by atoms with Gasteiger partial charge in [0, 0.05) is 26.1 Å². The van der Waals surface area contributed by atoms with Crippen LogP contribution in [0.4, 0.5) is 5.82 Å². The summed E-state index contributed by atoms with van der Waals surface area (Å²) in [4.78, 5) is 6.56. The number of methoxy groups -OCH3 is 1. The fourth-order valence-corrected chi connectivity index (χ4v) is 2.15. The molecule has 0 radical (unpaired) electrons. The molecular formula is C11H15ClN2O. The number of hydrogen-bond donors (Lipinski definition) is 0. The Kier molecular flexibility index (Phi) is 3.44. The highest BCUT2D eigenvalue weighted by Crippen LogP contribution is 2.23. The molecule has 1 atom stereocenters. The van der Waals surface area contributed by atoms with Crippen molar-refractivity contribution < 1.29 is 4.74 Å². The van der Waals surface area contributed by atoms with Crippen LogP contribution in [0.1, 0.15) is 6.42 Å². The molecule has 15 heavy (non-hydrogen) atoms. The van der Waals surface area contributed by atoms with E-state index in [1.165, 1.54) is 6.42 Å². The van der Waals surface area contributed by atoms with Gasteiger partial charge in [-0.3, -0.25) is 0 Å². The molecule has 0 aliphatic carbocycles. The van der Waals surface area contributed by atoms with Crippen LogP contribution in [0.25, 0.3) is 0 Å². The molecule has 1 unspecified atom stereocenters. The Bertz CT molecular complexity index is 332. The van der Waals surface area contributed by atoms with Gasteiger partial charge in [-0.2, -0.15) is 0 Å². The van der Waals surface area contributed by atoms with Crippen LogP contribution in [0.15, 0.2) is 18.2 Å². The number of nitrogens with zero attached hydrogens (tertiary/aromatic N) is 2. The van der Waals surface area contributed by atoms with Crippen molar-refractivity contribution in [1.29, 1.82) is 0 Å². The monoisotopic (exact) mass is 226 g/mol. The van der Waals surface area contributed by atoms with Crippen molar-refractivity contribution >= 4 is 17.4 Å². The maximum absolute atomic E-state index is 5.86. The lowest BCUT2D eigenvalue weighted by Gasteiger charge is -2.17. The van der Waals surface area contributed by atoms with E-state index in [4.69, 9.17) is 16.3 Å². The molecule has 2 rings (SSSR count). The Hall–Kier alpha value is -0.800. The van der Waals surface area contributed by atoms with Gasteiger partial charge in [0.2, 0.25) is 0 Å². The summed E-state index contributed by atoms with van der Waals surface area (Å²) < 4.78 is 5.16. The third-order valence-corrected chi connectivity index (χ3v) is 2.92. The molecule has 3 nitrogen and oxygen atoms in total. The van der Waals surface area contributed by atoms with Crippen molar-refractivity contribution in [3.05, 3.63) is 23.4 Å². The van der Waals surface area contributed by atoms with Crippen LogP contribution in [0.5, 0.6) is 0 Å². The summed E-state index contributed by atoms with van der Waals surface area (Å²) in [5, 5.41) is 0.558. The summed E-state index contributed by atoms with van der Waals surface area (Å²) in [6.45, 7) is 2.89. The van der Waals surface area contributed by atoms with Gasteiger partial charge in [0.05, 0.1) is 6.61 Å². The molecule has 0 aromatic carbocycles. The lowest BCUT2D eigenvalue weighted by Crippen LogP contribution is -2.21. The van der Waals surface area contributed by atoms with Crippen molar-refractivity contribution in [1.82, 2.24) is 4.98 Å². The van der Waals surface area contributed by atoms with Gasteiger partial charge in [0.15, 0.2) is 0 Å². The molecule has 1 aromatic heterocycles. The minimum atomic E-state index is 0.558. The first-order valence-electron chi connectivity index (χ1n) is 5.16. The van der Waals surface area contributed by atoms with Crippen LogP contribution in [-0.4, -0.2) is 31.8 Å². The number of aromatic nitrogens is 1. The highest BCUT2D eigenvalue weighted by Gasteiger charge is 2.23. The first-order chi connectivity index (χ1) is 7.29. The molecule has 1 aliphatic rings. The van der Waals surface area contributed by atoms with Gasteiger partial charge < -0.3 is 9.64 Å². The predicted molar refractivity (Wildman–Crippen MR) is 61.4 cm³/mol. The Morgan fingerprint density at radius 2 is 2.47 bits per heavy atom. The Balaban J connectivity index is 2.01. The molecule has 0 spiro atoms. The maximum atomic E-state index is 5.86. The van der Waals surface area contributed by atoms with Crippen LogP contribution in [0, 0.1) is 5.92 Å². The summed E-state index contributed by atoms with van der Waals surface area (Å²) in [6, 6.07) is 5.74. The van der Waals surface area contributed by atoms with E-state index in [1.54, 1.807) is 13.2 Å². The Labute approximate surface area is 95.0 Å². The summed E-state index contributed by atoms with van der Waals surface area (Å²) >= 11 is 5.86. The fourth-order valence-electron chi connectivity index (χ4n) is 1.99. The molecule has 0 amide bonds. The van der Waals surface area contributed by atoms with Crippen molar-refractivity contribution in [2.45, 2.75) is 6.42 Å². The largest absolute Gasteiger partial charge is 0.384 e. The van der Waals surface area contributed by atoms with Gasteiger partial charge in [0.1, 0.15) is 11.0 Å². The molecule has 1 saturated heterocycles. The number of halogens is 1. The zero-order valence-corrected chi connectivity index (χ0v) is 9.57. The number of hydrogen-bond acceptors (Lipinski definition) is 3. The molecular weight excluding hydrogens is 212 g/mol. The summed E-state index contributed by atoms with van der Waals surface area (Å²) in [5.41, 5.74) is 0. The van der Waals surface area contributed by atoms with Crippen molar-refractivity contribution in [3.8, 4) is 0 Å². The maximum Gasteiger partial charge on any atom is 0.131 e.